The molecule has 0 bridgehead atoms. The van der Waals surface area contributed by atoms with E-state index in [0.717, 1.165) is 0 Å². The fraction of sp³-hybridized carbons (Fsp3) is 0.222. The topological polar surface area (TPSA) is 60.4 Å². The molecule has 7 heteroatoms. The van der Waals surface area contributed by atoms with Crippen molar-refractivity contribution in [3.8, 4) is 0 Å². The van der Waals surface area contributed by atoms with Gasteiger partial charge in [0.1, 0.15) is 0 Å². The molecule has 0 amide bonds. The number of benzene rings is 1. The number of ether oxygens (including phenoxy) is 1. The molecule has 0 fully saturated rings. The van der Waals surface area contributed by atoms with Crippen LogP contribution < -0.4 is 0 Å². The maximum Gasteiger partial charge on any atom is 0.339 e. The van der Waals surface area contributed by atoms with Crippen LogP contribution in [0.3, 0.4) is 0 Å². The molecule has 0 aliphatic heterocycles. The lowest BCUT2D eigenvalue weighted by Crippen LogP contribution is -2.09. The second-order valence-electron chi connectivity index (χ2n) is 3.03. The quantitative estimate of drug-likeness (QED) is 0.618. The van der Waals surface area contributed by atoms with Crippen LogP contribution in [0.4, 0.5) is 0 Å². The Balaban J connectivity index is 3.64. The number of rotatable bonds is 2. The monoisotopic (exact) mass is 326 g/mol. The summed E-state index contributed by atoms with van der Waals surface area (Å²) in [6.07, 6.45) is 0. The number of hydrogen-bond acceptors (Lipinski definition) is 4. The molecule has 0 spiro atoms. The molecule has 0 saturated heterocycles. The Kier molecular flexibility index (Phi) is 3.98. The van der Waals surface area contributed by atoms with Crippen molar-refractivity contribution in [2.75, 3.05) is 7.11 Å². The van der Waals surface area contributed by atoms with Gasteiger partial charge in [-0.3, -0.25) is 0 Å². The average Bonchev–Trinajstić information content (AvgIpc) is 2.12. The highest BCUT2D eigenvalue weighted by atomic mass is 79.9. The van der Waals surface area contributed by atoms with Crippen molar-refractivity contribution >= 4 is 41.6 Å². The van der Waals surface area contributed by atoms with Crippen molar-refractivity contribution in [1.82, 2.24) is 0 Å². The third-order valence-electron chi connectivity index (χ3n) is 1.89. The third kappa shape index (κ3) is 2.75. The van der Waals surface area contributed by atoms with Gasteiger partial charge in [-0.2, -0.15) is 0 Å². The number of carbonyl (C=O) groups is 1. The Morgan fingerprint density at radius 1 is 1.44 bits per heavy atom. The second-order valence-corrected chi connectivity index (χ2v) is 6.45. The summed E-state index contributed by atoms with van der Waals surface area (Å²) in [5.74, 6) is -0.747. The van der Waals surface area contributed by atoms with E-state index in [1.807, 2.05) is 0 Å². The van der Waals surface area contributed by atoms with Crippen LogP contribution in [0.5, 0.6) is 0 Å². The van der Waals surface area contributed by atoms with E-state index in [9.17, 15) is 13.2 Å². The normalized spacial score (nSPS) is 11.2. The molecule has 0 N–H and O–H groups in total. The second kappa shape index (κ2) is 4.73. The first kappa shape index (κ1) is 13.5. The van der Waals surface area contributed by atoms with Gasteiger partial charge in [-0.15, -0.1) is 0 Å². The minimum atomic E-state index is -3.99. The lowest BCUT2D eigenvalue weighted by molar-refractivity contribution is 0.0596. The van der Waals surface area contributed by atoms with Gasteiger partial charge in [-0.1, -0.05) is 15.9 Å². The highest BCUT2D eigenvalue weighted by Crippen LogP contribution is 2.28. The lowest BCUT2D eigenvalue weighted by atomic mass is 10.1. The van der Waals surface area contributed by atoms with Gasteiger partial charge in [0.2, 0.25) is 0 Å². The van der Waals surface area contributed by atoms with Gasteiger partial charge < -0.3 is 4.74 Å². The van der Waals surface area contributed by atoms with Crippen LogP contribution in [0.2, 0.25) is 0 Å². The van der Waals surface area contributed by atoms with Crippen LogP contribution in [0, 0.1) is 6.92 Å². The molecule has 4 nitrogen and oxygen atoms in total. The molecule has 0 unspecified atom stereocenters. The zero-order valence-corrected chi connectivity index (χ0v) is 11.6. The minimum absolute atomic E-state index is 0.0793. The third-order valence-corrected chi connectivity index (χ3v) is 3.84. The highest BCUT2D eigenvalue weighted by molar-refractivity contribution is 9.10. The van der Waals surface area contributed by atoms with Crippen molar-refractivity contribution in [2.24, 2.45) is 0 Å². The van der Waals surface area contributed by atoms with Gasteiger partial charge >= 0.3 is 5.97 Å². The van der Waals surface area contributed by atoms with E-state index >= 15 is 0 Å². The maximum absolute atomic E-state index is 11.4. The number of carbonyl (C=O) groups excluding carboxylic acids is 1. The van der Waals surface area contributed by atoms with Gasteiger partial charge in [-0.05, 0) is 24.6 Å². The molecule has 1 aromatic rings. The summed E-state index contributed by atoms with van der Waals surface area (Å²) in [7, 11) is 2.46. The van der Waals surface area contributed by atoms with Crippen molar-refractivity contribution in [3.05, 3.63) is 27.7 Å². The fourth-order valence-corrected chi connectivity index (χ4v) is 3.35. The fourth-order valence-electron chi connectivity index (χ4n) is 1.32. The largest absolute Gasteiger partial charge is 0.465 e. The summed E-state index contributed by atoms with van der Waals surface area (Å²) in [6, 6.07) is 2.91. The zero-order chi connectivity index (χ0) is 12.5. The first-order valence-corrected chi connectivity index (χ1v) is 7.20. The number of esters is 1. The first-order valence-electron chi connectivity index (χ1n) is 4.10. The molecule has 16 heavy (non-hydrogen) atoms. The van der Waals surface area contributed by atoms with E-state index in [1.165, 1.54) is 13.2 Å². The molecular formula is C9H8BrClO4S. The molecule has 0 heterocycles. The predicted octanol–water partition coefficient (Wildman–Crippen LogP) is 2.47. The van der Waals surface area contributed by atoms with E-state index in [2.05, 4.69) is 20.7 Å². The smallest absolute Gasteiger partial charge is 0.339 e. The summed E-state index contributed by atoms with van der Waals surface area (Å²) in [6.45, 7) is 1.55. The average molecular weight is 328 g/mol. The van der Waals surface area contributed by atoms with Crippen molar-refractivity contribution in [1.29, 1.82) is 0 Å². The van der Waals surface area contributed by atoms with E-state index < -0.39 is 15.0 Å². The van der Waals surface area contributed by atoms with Gasteiger partial charge in [0.25, 0.3) is 9.05 Å². The summed E-state index contributed by atoms with van der Waals surface area (Å²) < 4.78 is 27.8. The van der Waals surface area contributed by atoms with E-state index in [0.29, 0.717) is 10.0 Å². The van der Waals surface area contributed by atoms with Crippen molar-refractivity contribution in [2.45, 2.75) is 11.8 Å². The Labute approximate surface area is 106 Å². The van der Waals surface area contributed by atoms with Crippen LogP contribution in [0.15, 0.2) is 21.5 Å². The van der Waals surface area contributed by atoms with Gasteiger partial charge in [0.15, 0.2) is 0 Å². The molecule has 0 aliphatic rings. The zero-order valence-electron chi connectivity index (χ0n) is 8.45. The minimum Gasteiger partial charge on any atom is -0.465 e. The molecular weight excluding hydrogens is 320 g/mol. The molecule has 88 valence electrons. The summed E-state index contributed by atoms with van der Waals surface area (Å²) >= 11 is 3.17. The number of aryl methyl sites for hydroxylation is 1. The standard InChI is InChI=1S/C9H8BrClO4S/c1-5-3-6(10)4-7(9(12)15-2)8(5)16(11,13)14/h3-4H,1-2H3. The molecule has 0 saturated carbocycles. The maximum atomic E-state index is 11.4. The lowest BCUT2D eigenvalue weighted by Gasteiger charge is -2.08. The van der Waals surface area contributed by atoms with Gasteiger partial charge in [0.05, 0.1) is 17.6 Å². The van der Waals surface area contributed by atoms with E-state index in [-0.39, 0.29) is 10.5 Å². The number of hydrogen-bond donors (Lipinski definition) is 0. The Bertz CT molecular complexity index is 539. The van der Waals surface area contributed by atoms with Crippen LogP contribution >= 0.6 is 26.6 Å². The molecule has 0 radical (unpaired) electrons. The summed E-state index contributed by atoms with van der Waals surface area (Å²) in [4.78, 5) is 11.2. The SMILES string of the molecule is COC(=O)c1cc(Br)cc(C)c1S(=O)(=O)Cl. The number of methoxy groups -OCH3 is 1. The summed E-state index contributed by atoms with van der Waals surface area (Å²) in [5, 5.41) is 0. The van der Waals surface area contributed by atoms with Crippen molar-refractivity contribution < 1.29 is 17.9 Å². The Morgan fingerprint density at radius 2 is 2.00 bits per heavy atom. The Hall–Kier alpha value is -0.590. The van der Waals surface area contributed by atoms with Gasteiger partial charge in [-0.25, -0.2) is 13.2 Å². The number of halogens is 2. The predicted molar refractivity (Wildman–Crippen MR) is 63.3 cm³/mol. The summed E-state index contributed by atoms with van der Waals surface area (Å²) in [5.41, 5.74) is 0.300. The molecule has 0 aliphatic carbocycles. The molecule has 0 aromatic heterocycles. The van der Waals surface area contributed by atoms with Crippen LogP contribution in [-0.2, 0) is 13.8 Å². The Morgan fingerprint density at radius 3 is 2.44 bits per heavy atom. The molecule has 1 rings (SSSR count). The molecule has 1 aromatic carbocycles. The molecule has 0 atom stereocenters. The van der Waals surface area contributed by atoms with E-state index in [1.54, 1.807) is 13.0 Å². The first-order chi connectivity index (χ1) is 7.27. The van der Waals surface area contributed by atoms with E-state index in [4.69, 9.17) is 10.7 Å². The van der Waals surface area contributed by atoms with Gasteiger partial charge in [0, 0.05) is 15.2 Å². The van der Waals surface area contributed by atoms with Crippen LogP contribution in [-0.4, -0.2) is 21.5 Å². The van der Waals surface area contributed by atoms with Crippen LogP contribution in [0.1, 0.15) is 15.9 Å². The van der Waals surface area contributed by atoms with Crippen LogP contribution in [0.25, 0.3) is 0 Å². The highest BCUT2D eigenvalue weighted by Gasteiger charge is 2.24. The van der Waals surface area contributed by atoms with Crippen molar-refractivity contribution in [3.63, 3.8) is 0 Å².